The second kappa shape index (κ2) is 3.95. The number of rotatable bonds is 4. The van der Waals surface area contributed by atoms with Crippen molar-refractivity contribution in [3.05, 3.63) is 0 Å². The molecular weight excluding hydrogens is 164 g/mol. The van der Waals surface area contributed by atoms with Gasteiger partial charge in [0.2, 0.25) is 0 Å². The van der Waals surface area contributed by atoms with E-state index in [4.69, 9.17) is 4.74 Å². The van der Waals surface area contributed by atoms with Gasteiger partial charge >= 0.3 is 0 Å². The van der Waals surface area contributed by atoms with Gasteiger partial charge in [0.1, 0.15) is 0 Å². The zero-order valence-electron chi connectivity index (χ0n) is 8.70. The number of nitrogens with zero attached hydrogens (tertiary/aromatic N) is 2. The molecule has 0 atom stereocenters. The lowest BCUT2D eigenvalue weighted by Crippen LogP contribution is -2.55. The smallest absolute Gasteiger partial charge is 0.0645 e. The van der Waals surface area contributed by atoms with Gasteiger partial charge in [-0.15, -0.1) is 0 Å². The van der Waals surface area contributed by atoms with Crippen LogP contribution in [-0.4, -0.2) is 62.3 Å². The van der Waals surface area contributed by atoms with Crippen LogP contribution in [0.1, 0.15) is 6.92 Å². The third kappa shape index (κ3) is 2.03. The first kappa shape index (κ1) is 9.44. The van der Waals surface area contributed by atoms with Gasteiger partial charge in [-0.3, -0.25) is 4.90 Å². The molecular formula is C10H20N2O. The summed E-state index contributed by atoms with van der Waals surface area (Å²) in [5.74, 6) is 0.908. The highest BCUT2D eigenvalue weighted by molar-refractivity contribution is 4.84. The van der Waals surface area contributed by atoms with Crippen molar-refractivity contribution in [2.45, 2.75) is 13.0 Å². The van der Waals surface area contributed by atoms with E-state index in [1.807, 2.05) is 0 Å². The molecule has 2 rings (SSSR count). The Labute approximate surface area is 80.6 Å². The highest BCUT2D eigenvalue weighted by atomic mass is 16.5. The van der Waals surface area contributed by atoms with Gasteiger partial charge in [0.05, 0.1) is 19.3 Å². The summed E-state index contributed by atoms with van der Waals surface area (Å²) in [6.07, 6.45) is 0. The van der Waals surface area contributed by atoms with Crippen LogP contribution >= 0.6 is 0 Å². The Bertz CT molecular complexity index is 164. The molecule has 0 N–H and O–H groups in total. The van der Waals surface area contributed by atoms with Gasteiger partial charge in [0, 0.05) is 19.6 Å². The maximum Gasteiger partial charge on any atom is 0.0645 e. The summed E-state index contributed by atoms with van der Waals surface area (Å²) in [7, 11) is 2.22. The van der Waals surface area contributed by atoms with Gasteiger partial charge in [0.25, 0.3) is 0 Å². The molecule has 0 spiro atoms. The van der Waals surface area contributed by atoms with Crippen LogP contribution in [0.5, 0.6) is 0 Å². The van der Waals surface area contributed by atoms with Crippen LogP contribution in [0.15, 0.2) is 0 Å². The van der Waals surface area contributed by atoms with Gasteiger partial charge < -0.3 is 9.64 Å². The molecule has 0 amide bonds. The van der Waals surface area contributed by atoms with E-state index in [1.54, 1.807) is 0 Å². The van der Waals surface area contributed by atoms with E-state index in [-0.39, 0.29) is 0 Å². The monoisotopic (exact) mass is 184 g/mol. The van der Waals surface area contributed by atoms with Crippen molar-refractivity contribution in [2.24, 2.45) is 5.92 Å². The summed E-state index contributed by atoms with van der Waals surface area (Å²) in [6.45, 7) is 9.20. The summed E-state index contributed by atoms with van der Waals surface area (Å²) < 4.78 is 5.18. The standard InChI is InChI=1S/C10H20N2O/c1-3-12-5-9(6-12)4-11(2)10-7-13-8-10/h9-10H,3-8H2,1-2H3. The lowest BCUT2D eigenvalue weighted by molar-refractivity contribution is -0.0673. The maximum atomic E-state index is 5.18. The maximum absolute atomic E-state index is 5.18. The molecule has 0 saturated carbocycles. The molecule has 76 valence electrons. The first-order chi connectivity index (χ1) is 6.29. The summed E-state index contributed by atoms with van der Waals surface area (Å²) in [6, 6.07) is 0.704. The van der Waals surface area contributed by atoms with E-state index in [0.717, 1.165) is 19.1 Å². The van der Waals surface area contributed by atoms with Crippen molar-refractivity contribution in [2.75, 3.05) is 46.4 Å². The molecule has 2 heterocycles. The van der Waals surface area contributed by atoms with Crippen LogP contribution in [0.2, 0.25) is 0 Å². The third-order valence-electron chi connectivity index (χ3n) is 3.27. The van der Waals surface area contributed by atoms with E-state index >= 15 is 0 Å². The van der Waals surface area contributed by atoms with Crippen LogP contribution in [0, 0.1) is 5.92 Å². The topological polar surface area (TPSA) is 15.7 Å². The molecule has 0 aliphatic carbocycles. The summed E-state index contributed by atoms with van der Waals surface area (Å²) in [5, 5.41) is 0. The van der Waals surface area contributed by atoms with Gasteiger partial charge in [-0.25, -0.2) is 0 Å². The Morgan fingerprint density at radius 2 is 2.08 bits per heavy atom. The minimum Gasteiger partial charge on any atom is -0.378 e. The molecule has 3 heteroatoms. The largest absolute Gasteiger partial charge is 0.378 e. The molecule has 0 radical (unpaired) electrons. The fourth-order valence-electron chi connectivity index (χ4n) is 2.08. The van der Waals surface area contributed by atoms with Crippen LogP contribution in [0.4, 0.5) is 0 Å². The molecule has 2 aliphatic heterocycles. The van der Waals surface area contributed by atoms with E-state index in [2.05, 4.69) is 23.8 Å². The molecule has 0 aromatic carbocycles. The van der Waals surface area contributed by atoms with Crippen molar-refractivity contribution in [1.82, 2.24) is 9.80 Å². The Morgan fingerprint density at radius 3 is 2.54 bits per heavy atom. The van der Waals surface area contributed by atoms with Crippen LogP contribution < -0.4 is 0 Å². The van der Waals surface area contributed by atoms with Gasteiger partial charge in [0.15, 0.2) is 0 Å². The average molecular weight is 184 g/mol. The fourth-order valence-corrected chi connectivity index (χ4v) is 2.08. The second-order valence-corrected chi connectivity index (χ2v) is 4.35. The number of likely N-dealkylation sites (N-methyl/N-ethyl adjacent to an activating group) is 1. The Morgan fingerprint density at radius 1 is 1.38 bits per heavy atom. The molecule has 0 bridgehead atoms. The molecule has 2 fully saturated rings. The summed E-state index contributed by atoms with van der Waals surface area (Å²) >= 11 is 0. The van der Waals surface area contributed by atoms with Crippen LogP contribution in [0.25, 0.3) is 0 Å². The number of hydrogen-bond donors (Lipinski definition) is 0. The SMILES string of the molecule is CCN1CC(CN(C)C2COC2)C1. The second-order valence-electron chi connectivity index (χ2n) is 4.35. The number of ether oxygens (including phenoxy) is 1. The molecule has 2 aliphatic rings. The van der Waals surface area contributed by atoms with Gasteiger partial charge in [-0.05, 0) is 19.5 Å². The van der Waals surface area contributed by atoms with Crippen molar-refractivity contribution in [1.29, 1.82) is 0 Å². The fraction of sp³-hybridized carbons (Fsp3) is 1.00. The molecule has 0 aromatic heterocycles. The normalized spacial score (nSPS) is 26.1. The third-order valence-corrected chi connectivity index (χ3v) is 3.27. The lowest BCUT2D eigenvalue weighted by atomic mass is 9.99. The number of likely N-dealkylation sites (tertiary alicyclic amines) is 1. The molecule has 0 aromatic rings. The van der Waals surface area contributed by atoms with Gasteiger partial charge in [-0.2, -0.15) is 0 Å². The van der Waals surface area contributed by atoms with Crippen molar-refractivity contribution in [3.8, 4) is 0 Å². The zero-order chi connectivity index (χ0) is 9.26. The van der Waals surface area contributed by atoms with Crippen molar-refractivity contribution < 1.29 is 4.74 Å². The van der Waals surface area contributed by atoms with Gasteiger partial charge in [-0.1, -0.05) is 6.92 Å². The van der Waals surface area contributed by atoms with Crippen LogP contribution in [-0.2, 0) is 4.74 Å². The quantitative estimate of drug-likeness (QED) is 0.623. The molecule has 2 saturated heterocycles. The Hall–Kier alpha value is -0.120. The predicted molar refractivity (Wildman–Crippen MR) is 52.8 cm³/mol. The minimum absolute atomic E-state index is 0.704. The summed E-state index contributed by atoms with van der Waals surface area (Å²) in [5.41, 5.74) is 0. The molecule has 3 nitrogen and oxygen atoms in total. The zero-order valence-corrected chi connectivity index (χ0v) is 8.70. The average Bonchev–Trinajstić information content (AvgIpc) is 1.92. The van der Waals surface area contributed by atoms with Crippen molar-refractivity contribution in [3.63, 3.8) is 0 Å². The highest BCUT2D eigenvalue weighted by Crippen LogP contribution is 2.18. The first-order valence-corrected chi connectivity index (χ1v) is 5.30. The highest BCUT2D eigenvalue weighted by Gasteiger charge is 2.30. The minimum atomic E-state index is 0.704. The van der Waals surface area contributed by atoms with Crippen molar-refractivity contribution >= 4 is 0 Å². The molecule has 13 heavy (non-hydrogen) atoms. The molecule has 0 unspecified atom stereocenters. The number of hydrogen-bond acceptors (Lipinski definition) is 3. The lowest BCUT2D eigenvalue weighted by Gasteiger charge is -2.43. The Balaban J connectivity index is 1.62. The van der Waals surface area contributed by atoms with E-state index in [9.17, 15) is 0 Å². The Kier molecular flexibility index (Phi) is 2.86. The van der Waals surface area contributed by atoms with E-state index in [1.165, 1.54) is 26.2 Å². The summed E-state index contributed by atoms with van der Waals surface area (Å²) in [4.78, 5) is 4.96. The van der Waals surface area contributed by atoms with E-state index < -0.39 is 0 Å². The van der Waals surface area contributed by atoms with Crippen LogP contribution in [0.3, 0.4) is 0 Å². The first-order valence-electron chi connectivity index (χ1n) is 5.30. The van der Waals surface area contributed by atoms with E-state index in [0.29, 0.717) is 6.04 Å². The predicted octanol–water partition coefficient (Wildman–Crippen LogP) is 0.269.